The number of alkyl carbamates (subject to hydrolysis) is 2. The summed E-state index contributed by atoms with van der Waals surface area (Å²) in [6.07, 6.45) is 6.51. The lowest BCUT2D eigenvalue weighted by molar-refractivity contribution is -0.124. The third kappa shape index (κ3) is 11.8. The quantitative estimate of drug-likeness (QED) is 0.273. The van der Waals surface area contributed by atoms with E-state index in [1.807, 2.05) is 60.7 Å². The van der Waals surface area contributed by atoms with Crippen molar-refractivity contribution in [1.82, 2.24) is 16.0 Å². The van der Waals surface area contributed by atoms with Gasteiger partial charge < -0.3 is 25.4 Å². The van der Waals surface area contributed by atoms with Gasteiger partial charge in [-0.15, -0.1) is 0 Å². The molecule has 0 spiro atoms. The number of carbonyl (C=O) groups excluding carboxylic acids is 3. The van der Waals surface area contributed by atoms with E-state index in [1.54, 1.807) is 0 Å². The van der Waals surface area contributed by atoms with Gasteiger partial charge in [-0.2, -0.15) is 5.26 Å². The van der Waals surface area contributed by atoms with Crippen molar-refractivity contribution in [3.05, 3.63) is 71.8 Å². The molecule has 0 unspecified atom stereocenters. The number of hydrogen-bond donors (Lipinski definition) is 3. The molecule has 3 rings (SSSR count). The molecular weight excluding hydrogens is 508 g/mol. The Balaban J connectivity index is 1.40. The van der Waals surface area contributed by atoms with E-state index in [2.05, 4.69) is 22.0 Å². The number of carbonyl (C=O) groups is 3. The molecule has 3 amide bonds. The highest BCUT2D eigenvalue weighted by Crippen LogP contribution is 2.27. The van der Waals surface area contributed by atoms with Gasteiger partial charge in [-0.1, -0.05) is 92.8 Å². The summed E-state index contributed by atoms with van der Waals surface area (Å²) in [7, 11) is 0. The lowest BCUT2D eigenvalue weighted by Crippen LogP contribution is -2.50. The Morgan fingerprint density at radius 2 is 1.43 bits per heavy atom. The van der Waals surface area contributed by atoms with Crippen molar-refractivity contribution in [2.24, 2.45) is 5.92 Å². The summed E-state index contributed by atoms with van der Waals surface area (Å²) in [5.41, 5.74) is 1.76. The summed E-state index contributed by atoms with van der Waals surface area (Å²) in [6, 6.07) is 19.4. The van der Waals surface area contributed by atoms with Crippen LogP contribution in [0.15, 0.2) is 60.7 Å². The van der Waals surface area contributed by atoms with Crippen LogP contribution in [0.1, 0.15) is 68.9 Å². The Bertz CT molecular complexity index is 1080. The first-order chi connectivity index (χ1) is 19.5. The number of amides is 3. The van der Waals surface area contributed by atoms with Crippen molar-refractivity contribution in [3.8, 4) is 6.07 Å². The van der Waals surface area contributed by atoms with Crippen LogP contribution in [-0.2, 0) is 27.5 Å². The van der Waals surface area contributed by atoms with Crippen molar-refractivity contribution in [2.45, 2.75) is 83.1 Å². The van der Waals surface area contributed by atoms with Crippen LogP contribution >= 0.6 is 0 Å². The summed E-state index contributed by atoms with van der Waals surface area (Å²) in [6.45, 7) is 0.711. The second kappa shape index (κ2) is 17.5. The number of nitriles is 1. The maximum absolute atomic E-state index is 13.2. The Hall–Kier alpha value is -4.06. The first kappa shape index (κ1) is 30.5. The van der Waals surface area contributed by atoms with Crippen LogP contribution in [0.4, 0.5) is 9.59 Å². The number of ether oxygens (including phenoxy) is 2. The van der Waals surface area contributed by atoms with Gasteiger partial charge in [0.2, 0.25) is 5.91 Å². The van der Waals surface area contributed by atoms with Crippen molar-refractivity contribution in [1.29, 1.82) is 5.26 Å². The monoisotopic (exact) mass is 548 g/mol. The zero-order chi connectivity index (χ0) is 28.4. The van der Waals surface area contributed by atoms with Gasteiger partial charge in [0.25, 0.3) is 0 Å². The van der Waals surface area contributed by atoms with Gasteiger partial charge in [0, 0.05) is 6.54 Å². The number of nitrogens with zero attached hydrogens (tertiary/aromatic N) is 1. The fourth-order valence-electron chi connectivity index (χ4n) is 4.77. The number of benzene rings is 2. The van der Waals surface area contributed by atoms with E-state index in [-0.39, 0.29) is 19.1 Å². The molecule has 0 aliphatic heterocycles. The lowest BCUT2D eigenvalue weighted by atomic mass is 9.84. The molecule has 1 saturated carbocycles. The molecule has 0 radical (unpaired) electrons. The second-order valence-electron chi connectivity index (χ2n) is 10.2. The summed E-state index contributed by atoms with van der Waals surface area (Å²) in [4.78, 5) is 37.6. The van der Waals surface area contributed by atoms with E-state index >= 15 is 0 Å². The van der Waals surface area contributed by atoms with Crippen LogP contribution in [0.2, 0.25) is 0 Å². The largest absolute Gasteiger partial charge is 0.445 e. The Morgan fingerprint density at radius 3 is 2.02 bits per heavy atom. The molecule has 0 heterocycles. The normalized spacial score (nSPS) is 14.7. The molecular formula is C31H40N4O5. The molecule has 2 aromatic rings. The van der Waals surface area contributed by atoms with Gasteiger partial charge in [-0.3, -0.25) is 4.79 Å². The van der Waals surface area contributed by atoms with E-state index in [1.165, 1.54) is 6.42 Å². The van der Waals surface area contributed by atoms with Crippen LogP contribution < -0.4 is 16.0 Å². The molecule has 3 N–H and O–H groups in total. The highest BCUT2D eigenvalue weighted by atomic mass is 16.6. The number of nitrogens with one attached hydrogen (secondary N) is 3. The molecule has 1 aliphatic carbocycles. The average molecular weight is 549 g/mol. The van der Waals surface area contributed by atoms with Crippen LogP contribution in [-0.4, -0.2) is 36.7 Å². The second-order valence-corrected chi connectivity index (χ2v) is 10.2. The highest BCUT2D eigenvalue weighted by molar-refractivity contribution is 5.86. The molecule has 2 atom stereocenters. The van der Waals surface area contributed by atoms with Crippen LogP contribution in [0, 0.1) is 17.2 Å². The third-order valence-corrected chi connectivity index (χ3v) is 6.99. The molecule has 1 fully saturated rings. The Morgan fingerprint density at radius 1 is 0.825 bits per heavy atom. The molecule has 214 valence electrons. The van der Waals surface area contributed by atoms with Crippen LogP contribution in [0.25, 0.3) is 0 Å². The summed E-state index contributed by atoms with van der Waals surface area (Å²) < 4.78 is 10.5. The summed E-state index contributed by atoms with van der Waals surface area (Å²) >= 11 is 0. The van der Waals surface area contributed by atoms with Gasteiger partial charge in [-0.25, -0.2) is 9.59 Å². The Labute approximate surface area is 236 Å². The van der Waals surface area contributed by atoms with E-state index in [4.69, 9.17) is 9.47 Å². The van der Waals surface area contributed by atoms with Gasteiger partial charge in [0.15, 0.2) is 0 Å². The molecule has 40 heavy (non-hydrogen) atoms. The molecule has 9 nitrogen and oxygen atoms in total. The minimum atomic E-state index is -0.775. The zero-order valence-corrected chi connectivity index (χ0v) is 23.0. The fraction of sp³-hybridized carbons (Fsp3) is 0.484. The van der Waals surface area contributed by atoms with Crippen molar-refractivity contribution < 1.29 is 23.9 Å². The maximum Gasteiger partial charge on any atom is 0.408 e. The molecule has 0 aromatic heterocycles. The fourth-order valence-corrected chi connectivity index (χ4v) is 4.77. The van der Waals surface area contributed by atoms with E-state index in [0.717, 1.165) is 36.8 Å². The predicted molar refractivity (Wildman–Crippen MR) is 151 cm³/mol. The smallest absolute Gasteiger partial charge is 0.408 e. The third-order valence-electron chi connectivity index (χ3n) is 6.99. The number of unbranched alkanes of at least 4 members (excludes halogenated alkanes) is 1. The standard InChI is InChI=1S/C31H40N4O5/c32-21-27(18-10-11-19-33-30(37)39-22-25-14-6-2-7-15-25)34-29(36)28(20-24-12-4-1-5-13-24)35-31(38)40-23-26-16-8-3-9-17-26/h2-3,6-9,14-17,24,27-28H,1,4-5,10-13,18-20,22-23H2,(H,33,37)(H,34,36)(H,35,38)/t27-,28-/m0/s1. The summed E-state index contributed by atoms with van der Waals surface area (Å²) in [5.74, 6) is -0.0384. The first-order valence-corrected chi connectivity index (χ1v) is 14.1. The average Bonchev–Trinajstić information content (AvgIpc) is 2.99. The van der Waals surface area contributed by atoms with E-state index in [0.29, 0.717) is 38.1 Å². The van der Waals surface area contributed by atoms with E-state index < -0.39 is 24.3 Å². The molecule has 1 aliphatic rings. The van der Waals surface area contributed by atoms with Crippen LogP contribution in [0.3, 0.4) is 0 Å². The molecule has 0 bridgehead atoms. The number of hydrogen-bond acceptors (Lipinski definition) is 6. The van der Waals surface area contributed by atoms with E-state index in [9.17, 15) is 19.6 Å². The Kier molecular flexibility index (Phi) is 13.3. The van der Waals surface area contributed by atoms with Gasteiger partial charge >= 0.3 is 12.2 Å². The first-order valence-electron chi connectivity index (χ1n) is 14.1. The minimum Gasteiger partial charge on any atom is -0.445 e. The molecule has 0 saturated heterocycles. The molecule has 2 aromatic carbocycles. The summed E-state index contributed by atoms with van der Waals surface area (Å²) in [5, 5.41) is 17.9. The highest BCUT2D eigenvalue weighted by Gasteiger charge is 2.28. The minimum absolute atomic E-state index is 0.110. The van der Waals surface area contributed by atoms with Gasteiger partial charge in [-0.05, 0) is 42.7 Å². The lowest BCUT2D eigenvalue weighted by Gasteiger charge is -2.27. The number of rotatable bonds is 14. The maximum atomic E-state index is 13.2. The molecule has 9 heteroatoms. The van der Waals surface area contributed by atoms with Crippen molar-refractivity contribution in [3.63, 3.8) is 0 Å². The topological polar surface area (TPSA) is 130 Å². The van der Waals surface area contributed by atoms with Crippen LogP contribution in [0.5, 0.6) is 0 Å². The SMILES string of the molecule is N#C[C@H](CCCCNC(=O)OCc1ccccc1)NC(=O)[C@H](CC1CCCCC1)NC(=O)OCc1ccccc1. The van der Waals surface area contributed by atoms with Gasteiger partial charge in [0.05, 0.1) is 6.07 Å². The van der Waals surface area contributed by atoms with Crippen molar-refractivity contribution >= 4 is 18.1 Å². The van der Waals surface area contributed by atoms with Crippen molar-refractivity contribution in [2.75, 3.05) is 6.54 Å². The zero-order valence-electron chi connectivity index (χ0n) is 23.0. The predicted octanol–water partition coefficient (Wildman–Crippen LogP) is 5.36. The van der Waals surface area contributed by atoms with Gasteiger partial charge in [0.1, 0.15) is 25.3 Å².